The SMILES string of the molecule is CCC1CCC(C(NN)c2sccc2C)CC1. The summed E-state index contributed by atoms with van der Waals surface area (Å²) in [6, 6.07) is 2.56. The molecule has 0 amide bonds. The third kappa shape index (κ3) is 2.90. The van der Waals surface area contributed by atoms with Crippen LogP contribution in [0.1, 0.15) is 55.5 Å². The van der Waals surface area contributed by atoms with Crippen molar-refractivity contribution >= 4 is 11.3 Å². The van der Waals surface area contributed by atoms with Crippen molar-refractivity contribution in [2.24, 2.45) is 17.7 Å². The molecule has 17 heavy (non-hydrogen) atoms. The molecule has 0 saturated heterocycles. The Bertz CT molecular complexity index is 340. The average molecular weight is 252 g/mol. The van der Waals surface area contributed by atoms with Crippen LogP contribution in [0.4, 0.5) is 0 Å². The van der Waals surface area contributed by atoms with Crippen LogP contribution in [0.25, 0.3) is 0 Å². The second-order valence-electron chi connectivity index (χ2n) is 5.30. The van der Waals surface area contributed by atoms with E-state index in [1.54, 1.807) is 0 Å². The highest BCUT2D eigenvalue weighted by molar-refractivity contribution is 7.10. The largest absolute Gasteiger partial charge is 0.271 e. The first kappa shape index (κ1) is 13.1. The Kier molecular flexibility index (Phi) is 4.60. The van der Waals surface area contributed by atoms with Gasteiger partial charge < -0.3 is 0 Å². The lowest BCUT2D eigenvalue weighted by Crippen LogP contribution is -2.35. The van der Waals surface area contributed by atoms with Gasteiger partial charge in [-0.15, -0.1) is 11.3 Å². The Balaban J connectivity index is 2.03. The Hall–Kier alpha value is -0.380. The van der Waals surface area contributed by atoms with E-state index in [1.165, 1.54) is 42.5 Å². The summed E-state index contributed by atoms with van der Waals surface area (Å²) in [5.74, 6) is 7.46. The molecular weight excluding hydrogens is 228 g/mol. The van der Waals surface area contributed by atoms with E-state index in [1.807, 2.05) is 11.3 Å². The quantitative estimate of drug-likeness (QED) is 0.632. The molecule has 1 fully saturated rings. The highest BCUT2D eigenvalue weighted by atomic mass is 32.1. The minimum absolute atomic E-state index is 0.368. The Labute approximate surface area is 109 Å². The highest BCUT2D eigenvalue weighted by Gasteiger charge is 2.28. The van der Waals surface area contributed by atoms with Crippen LogP contribution >= 0.6 is 11.3 Å². The molecule has 0 aliphatic heterocycles. The van der Waals surface area contributed by atoms with Gasteiger partial charge in [0, 0.05) is 4.88 Å². The number of hydrazine groups is 1. The van der Waals surface area contributed by atoms with Gasteiger partial charge in [-0.05, 0) is 48.6 Å². The van der Waals surface area contributed by atoms with E-state index >= 15 is 0 Å². The summed E-state index contributed by atoms with van der Waals surface area (Å²) in [5.41, 5.74) is 4.44. The molecule has 1 aliphatic rings. The molecule has 1 saturated carbocycles. The maximum absolute atomic E-state index is 5.79. The highest BCUT2D eigenvalue weighted by Crippen LogP contribution is 2.39. The van der Waals surface area contributed by atoms with Crippen molar-refractivity contribution in [1.82, 2.24) is 5.43 Å². The van der Waals surface area contributed by atoms with Gasteiger partial charge in [0.1, 0.15) is 0 Å². The van der Waals surface area contributed by atoms with Crippen molar-refractivity contribution < 1.29 is 0 Å². The van der Waals surface area contributed by atoms with Gasteiger partial charge in [0.05, 0.1) is 6.04 Å². The van der Waals surface area contributed by atoms with Gasteiger partial charge in [0.25, 0.3) is 0 Å². The third-order valence-electron chi connectivity index (χ3n) is 4.30. The fraction of sp³-hybridized carbons (Fsp3) is 0.714. The van der Waals surface area contributed by atoms with Crippen molar-refractivity contribution in [2.75, 3.05) is 0 Å². The topological polar surface area (TPSA) is 38.0 Å². The lowest BCUT2D eigenvalue weighted by Gasteiger charge is -2.33. The van der Waals surface area contributed by atoms with Gasteiger partial charge in [-0.25, -0.2) is 0 Å². The molecule has 1 heterocycles. The second kappa shape index (κ2) is 5.98. The number of hydrogen-bond donors (Lipinski definition) is 2. The third-order valence-corrected chi connectivity index (χ3v) is 5.41. The summed E-state index contributed by atoms with van der Waals surface area (Å²) in [4.78, 5) is 1.44. The number of thiophene rings is 1. The van der Waals surface area contributed by atoms with Gasteiger partial charge in [-0.2, -0.15) is 0 Å². The summed E-state index contributed by atoms with van der Waals surface area (Å²) >= 11 is 1.84. The van der Waals surface area contributed by atoms with Gasteiger partial charge in [0.15, 0.2) is 0 Å². The number of rotatable bonds is 4. The maximum atomic E-state index is 5.79. The lowest BCUT2D eigenvalue weighted by atomic mass is 9.77. The zero-order valence-corrected chi connectivity index (χ0v) is 11.7. The van der Waals surface area contributed by atoms with Crippen LogP contribution in [0.5, 0.6) is 0 Å². The minimum atomic E-state index is 0.368. The Morgan fingerprint density at radius 3 is 2.59 bits per heavy atom. The monoisotopic (exact) mass is 252 g/mol. The van der Waals surface area contributed by atoms with Crippen LogP contribution in [0.2, 0.25) is 0 Å². The van der Waals surface area contributed by atoms with Gasteiger partial charge in [0.2, 0.25) is 0 Å². The standard InChI is InChI=1S/C14H24N2S/c1-3-11-4-6-12(7-5-11)13(16-15)14-10(2)8-9-17-14/h8-9,11-13,16H,3-7,15H2,1-2H3. The van der Waals surface area contributed by atoms with E-state index in [2.05, 4.69) is 30.7 Å². The zero-order chi connectivity index (χ0) is 12.3. The minimum Gasteiger partial charge on any atom is -0.271 e. The fourth-order valence-corrected chi connectivity index (χ4v) is 4.14. The van der Waals surface area contributed by atoms with Gasteiger partial charge in [-0.1, -0.05) is 26.2 Å². The molecule has 0 bridgehead atoms. The van der Waals surface area contributed by atoms with E-state index in [4.69, 9.17) is 5.84 Å². The smallest absolute Gasteiger partial charge is 0.0584 e. The first-order valence-electron chi connectivity index (χ1n) is 6.76. The van der Waals surface area contributed by atoms with E-state index in [0.717, 1.165) is 11.8 Å². The van der Waals surface area contributed by atoms with Gasteiger partial charge in [-0.3, -0.25) is 11.3 Å². The summed E-state index contributed by atoms with van der Waals surface area (Å²) in [6.07, 6.45) is 6.74. The zero-order valence-electron chi connectivity index (χ0n) is 10.9. The molecule has 3 heteroatoms. The van der Waals surface area contributed by atoms with Crippen LogP contribution in [0, 0.1) is 18.8 Å². The van der Waals surface area contributed by atoms with Crippen LogP contribution in [-0.2, 0) is 0 Å². The molecule has 1 aliphatic carbocycles. The predicted molar refractivity (Wildman–Crippen MR) is 74.9 cm³/mol. The summed E-state index contributed by atoms with van der Waals surface area (Å²) < 4.78 is 0. The Morgan fingerprint density at radius 1 is 1.41 bits per heavy atom. The Morgan fingerprint density at radius 2 is 2.12 bits per heavy atom. The molecule has 0 spiro atoms. The molecule has 0 aromatic carbocycles. The van der Waals surface area contributed by atoms with Crippen LogP contribution in [-0.4, -0.2) is 0 Å². The number of aryl methyl sites for hydroxylation is 1. The average Bonchev–Trinajstić information content (AvgIpc) is 2.78. The maximum Gasteiger partial charge on any atom is 0.0584 e. The van der Waals surface area contributed by atoms with Gasteiger partial charge >= 0.3 is 0 Å². The summed E-state index contributed by atoms with van der Waals surface area (Å²) in [5, 5.41) is 2.17. The molecule has 3 N–H and O–H groups in total. The first-order chi connectivity index (χ1) is 8.26. The van der Waals surface area contributed by atoms with Crippen LogP contribution in [0.3, 0.4) is 0 Å². The van der Waals surface area contributed by atoms with E-state index in [0.29, 0.717) is 6.04 Å². The molecule has 1 unspecified atom stereocenters. The molecule has 1 aromatic heterocycles. The van der Waals surface area contributed by atoms with E-state index in [-0.39, 0.29) is 0 Å². The van der Waals surface area contributed by atoms with Crippen molar-refractivity contribution in [1.29, 1.82) is 0 Å². The molecule has 2 nitrogen and oxygen atoms in total. The number of hydrogen-bond acceptors (Lipinski definition) is 3. The van der Waals surface area contributed by atoms with Crippen molar-refractivity contribution in [3.8, 4) is 0 Å². The predicted octanol–water partition coefficient (Wildman–Crippen LogP) is 3.78. The van der Waals surface area contributed by atoms with Crippen LogP contribution < -0.4 is 11.3 Å². The number of nitrogens with one attached hydrogen (secondary N) is 1. The molecular formula is C14H24N2S. The fourth-order valence-electron chi connectivity index (χ4n) is 3.06. The van der Waals surface area contributed by atoms with Crippen LogP contribution in [0.15, 0.2) is 11.4 Å². The lowest BCUT2D eigenvalue weighted by molar-refractivity contribution is 0.221. The van der Waals surface area contributed by atoms with Crippen molar-refractivity contribution in [2.45, 2.75) is 52.0 Å². The molecule has 2 rings (SSSR count). The first-order valence-corrected chi connectivity index (χ1v) is 7.64. The summed E-state index contributed by atoms with van der Waals surface area (Å²) in [7, 11) is 0. The molecule has 0 radical (unpaired) electrons. The van der Waals surface area contributed by atoms with Crippen molar-refractivity contribution in [3.05, 3.63) is 21.9 Å². The van der Waals surface area contributed by atoms with Crippen molar-refractivity contribution in [3.63, 3.8) is 0 Å². The summed E-state index contributed by atoms with van der Waals surface area (Å²) in [6.45, 7) is 4.50. The number of nitrogens with two attached hydrogens (primary N) is 1. The normalized spacial score (nSPS) is 27.0. The molecule has 1 atom stereocenters. The molecule has 96 valence electrons. The van der Waals surface area contributed by atoms with E-state index in [9.17, 15) is 0 Å². The van der Waals surface area contributed by atoms with E-state index < -0.39 is 0 Å². The molecule has 1 aromatic rings. The second-order valence-corrected chi connectivity index (χ2v) is 6.25.